The number of aromatic nitrogens is 4. The summed E-state index contributed by atoms with van der Waals surface area (Å²) >= 11 is 0. The van der Waals surface area contributed by atoms with Gasteiger partial charge in [0.2, 0.25) is 0 Å². The zero-order valence-electron chi connectivity index (χ0n) is 21.2. The first-order valence-electron chi connectivity index (χ1n) is 13.3. The Labute approximate surface area is 216 Å². The summed E-state index contributed by atoms with van der Waals surface area (Å²) in [7, 11) is 0. The number of rotatable bonds is 7. The van der Waals surface area contributed by atoms with Gasteiger partial charge in [-0.3, -0.25) is 14.6 Å². The molecule has 0 spiro atoms. The highest BCUT2D eigenvalue weighted by atomic mass is 16.6. The SMILES string of the molecule is Cc1cccc(-c2nn3c(c2-c2ccnc4cc(OC(=O)NCCCN5CCCC5)ccc24)CCC3)n1. The molecule has 1 amide bonds. The van der Waals surface area contributed by atoms with E-state index in [-0.39, 0.29) is 0 Å². The van der Waals surface area contributed by atoms with Gasteiger partial charge in [-0.05, 0) is 94.6 Å². The standard InChI is InChI=1S/C29H32N6O2/c1-20-7-4-8-24(32-20)28-27(26-9-5-18-35(26)33-28)23-12-14-30-25-19-21(10-11-22(23)25)37-29(36)31-13-6-17-34-15-2-3-16-34/h4,7-8,10-12,14,19H,2-3,5-6,9,13,15-18H2,1H3,(H,31,36). The third-order valence-electron chi connectivity index (χ3n) is 7.29. The topological polar surface area (TPSA) is 85.2 Å². The summed E-state index contributed by atoms with van der Waals surface area (Å²) in [6, 6.07) is 13.7. The van der Waals surface area contributed by atoms with Crippen molar-refractivity contribution in [2.75, 3.05) is 26.2 Å². The molecule has 3 aromatic heterocycles. The molecule has 0 unspecified atom stereocenters. The fourth-order valence-corrected chi connectivity index (χ4v) is 5.52. The Balaban J connectivity index is 1.24. The van der Waals surface area contributed by atoms with Crippen molar-refractivity contribution in [2.45, 2.75) is 45.6 Å². The first-order chi connectivity index (χ1) is 18.2. The normalized spacial score (nSPS) is 15.3. The monoisotopic (exact) mass is 496 g/mol. The van der Waals surface area contributed by atoms with Gasteiger partial charge in [0.1, 0.15) is 11.4 Å². The number of carbonyl (C=O) groups is 1. The van der Waals surface area contributed by atoms with Crippen LogP contribution in [-0.4, -0.2) is 56.9 Å². The van der Waals surface area contributed by atoms with Crippen molar-refractivity contribution < 1.29 is 9.53 Å². The summed E-state index contributed by atoms with van der Waals surface area (Å²) in [5.74, 6) is 0.481. The summed E-state index contributed by atoms with van der Waals surface area (Å²) < 4.78 is 7.69. The van der Waals surface area contributed by atoms with Gasteiger partial charge in [0, 0.05) is 47.7 Å². The predicted molar refractivity (Wildman–Crippen MR) is 144 cm³/mol. The van der Waals surface area contributed by atoms with Crippen molar-refractivity contribution in [3.63, 3.8) is 0 Å². The minimum atomic E-state index is -0.431. The summed E-state index contributed by atoms with van der Waals surface area (Å²) in [5, 5.41) is 8.82. The molecule has 4 aromatic rings. The Bertz CT molecular complexity index is 1440. The predicted octanol–water partition coefficient (Wildman–Crippen LogP) is 4.99. The van der Waals surface area contributed by atoms with Crippen molar-refractivity contribution in [1.82, 2.24) is 30.0 Å². The quantitative estimate of drug-likeness (QED) is 0.363. The van der Waals surface area contributed by atoms with Crippen molar-refractivity contribution in [1.29, 1.82) is 0 Å². The number of fused-ring (bicyclic) bond motifs is 2. The number of aryl methyl sites for hydroxylation is 2. The van der Waals surface area contributed by atoms with Crippen molar-refractivity contribution in [3.8, 4) is 28.3 Å². The van der Waals surface area contributed by atoms with Gasteiger partial charge in [-0.25, -0.2) is 4.79 Å². The van der Waals surface area contributed by atoms with Crippen LogP contribution in [0.4, 0.5) is 4.79 Å². The lowest BCUT2D eigenvalue weighted by atomic mass is 9.96. The number of likely N-dealkylation sites (tertiary alicyclic amines) is 1. The van der Waals surface area contributed by atoms with E-state index >= 15 is 0 Å². The molecule has 190 valence electrons. The van der Waals surface area contributed by atoms with Crippen LogP contribution in [0.1, 0.15) is 37.1 Å². The third kappa shape index (κ3) is 4.93. The highest BCUT2D eigenvalue weighted by molar-refractivity contribution is 5.99. The zero-order chi connectivity index (χ0) is 25.2. The van der Waals surface area contributed by atoms with Gasteiger partial charge in [0.25, 0.3) is 0 Å². The molecule has 0 aliphatic carbocycles. The fraction of sp³-hybridized carbons (Fsp3) is 0.379. The molecule has 1 saturated heterocycles. The maximum Gasteiger partial charge on any atom is 0.412 e. The molecule has 8 nitrogen and oxygen atoms in total. The number of hydrogen-bond acceptors (Lipinski definition) is 6. The first kappa shape index (κ1) is 23.6. The van der Waals surface area contributed by atoms with Gasteiger partial charge in [0.05, 0.1) is 11.2 Å². The lowest BCUT2D eigenvalue weighted by molar-refractivity contribution is 0.199. The number of benzene rings is 1. The summed E-state index contributed by atoms with van der Waals surface area (Å²) in [4.78, 5) is 24.2. The molecule has 37 heavy (non-hydrogen) atoms. The third-order valence-corrected chi connectivity index (χ3v) is 7.29. The molecule has 8 heteroatoms. The van der Waals surface area contributed by atoms with Gasteiger partial charge in [-0.2, -0.15) is 5.10 Å². The number of nitrogens with one attached hydrogen (secondary N) is 1. The molecule has 1 N–H and O–H groups in total. The van der Waals surface area contributed by atoms with E-state index in [1.54, 1.807) is 0 Å². The van der Waals surface area contributed by atoms with Crippen molar-refractivity contribution >= 4 is 17.0 Å². The molecule has 0 radical (unpaired) electrons. The van der Waals surface area contributed by atoms with Crippen LogP contribution < -0.4 is 10.1 Å². The molecule has 2 aliphatic rings. The number of nitrogens with zero attached hydrogens (tertiary/aromatic N) is 5. The second kappa shape index (κ2) is 10.3. The number of ether oxygens (including phenoxy) is 1. The van der Waals surface area contributed by atoms with Crippen LogP contribution in [0.3, 0.4) is 0 Å². The van der Waals surface area contributed by atoms with E-state index in [1.807, 2.05) is 55.6 Å². The van der Waals surface area contributed by atoms with Gasteiger partial charge in [-0.1, -0.05) is 6.07 Å². The Kier molecular flexibility index (Phi) is 6.57. The Hall–Kier alpha value is -3.78. The minimum Gasteiger partial charge on any atom is -0.410 e. The average molecular weight is 497 g/mol. The van der Waals surface area contributed by atoms with Crippen LogP contribution in [-0.2, 0) is 13.0 Å². The highest BCUT2D eigenvalue weighted by Gasteiger charge is 2.25. The van der Waals surface area contributed by atoms with E-state index in [0.29, 0.717) is 12.3 Å². The molecule has 6 rings (SSSR count). The van der Waals surface area contributed by atoms with Crippen molar-refractivity contribution in [3.05, 3.63) is 60.0 Å². The second-order valence-corrected chi connectivity index (χ2v) is 9.92. The van der Waals surface area contributed by atoms with E-state index in [1.165, 1.54) is 31.6 Å². The maximum absolute atomic E-state index is 12.4. The minimum absolute atomic E-state index is 0.431. The van der Waals surface area contributed by atoms with Crippen molar-refractivity contribution in [2.24, 2.45) is 0 Å². The maximum atomic E-state index is 12.4. The van der Waals surface area contributed by atoms with Crippen LogP contribution in [0, 0.1) is 6.92 Å². The average Bonchev–Trinajstić information content (AvgIpc) is 3.64. The summed E-state index contributed by atoms with van der Waals surface area (Å²) in [6.45, 7) is 6.88. The van der Waals surface area contributed by atoms with E-state index in [4.69, 9.17) is 14.8 Å². The van der Waals surface area contributed by atoms with Gasteiger partial charge >= 0.3 is 6.09 Å². The van der Waals surface area contributed by atoms with Crippen LogP contribution in [0.5, 0.6) is 5.75 Å². The molecule has 1 fully saturated rings. The fourth-order valence-electron chi connectivity index (χ4n) is 5.52. The largest absolute Gasteiger partial charge is 0.412 e. The molecule has 2 aliphatic heterocycles. The van der Waals surface area contributed by atoms with Crippen LogP contribution in [0.25, 0.3) is 33.4 Å². The molecular weight excluding hydrogens is 464 g/mol. The van der Waals surface area contributed by atoms with Gasteiger partial charge < -0.3 is 15.0 Å². The molecule has 0 bridgehead atoms. The van der Waals surface area contributed by atoms with Crippen LogP contribution in [0.2, 0.25) is 0 Å². The Morgan fingerprint density at radius 2 is 1.97 bits per heavy atom. The molecule has 1 aromatic carbocycles. The summed E-state index contributed by atoms with van der Waals surface area (Å²) in [6.07, 6.45) is 6.93. The molecule has 5 heterocycles. The molecular formula is C29H32N6O2. The van der Waals surface area contributed by atoms with Crippen LogP contribution in [0.15, 0.2) is 48.7 Å². The Morgan fingerprint density at radius 3 is 2.84 bits per heavy atom. The lowest BCUT2D eigenvalue weighted by Gasteiger charge is -2.14. The lowest BCUT2D eigenvalue weighted by Crippen LogP contribution is -2.30. The molecule has 0 saturated carbocycles. The van der Waals surface area contributed by atoms with Gasteiger partial charge in [-0.15, -0.1) is 0 Å². The van der Waals surface area contributed by atoms with E-state index in [2.05, 4.69) is 19.9 Å². The van der Waals surface area contributed by atoms with Gasteiger partial charge in [0.15, 0.2) is 0 Å². The molecule has 0 atom stereocenters. The summed E-state index contributed by atoms with van der Waals surface area (Å²) in [5.41, 5.74) is 6.95. The number of hydrogen-bond donors (Lipinski definition) is 1. The van der Waals surface area contributed by atoms with E-state index in [0.717, 1.165) is 71.5 Å². The van der Waals surface area contributed by atoms with E-state index in [9.17, 15) is 4.79 Å². The van der Waals surface area contributed by atoms with Crippen LogP contribution >= 0.6 is 0 Å². The number of amides is 1. The highest BCUT2D eigenvalue weighted by Crippen LogP contribution is 2.40. The smallest absolute Gasteiger partial charge is 0.410 e. The number of pyridine rings is 2. The first-order valence-corrected chi connectivity index (χ1v) is 13.3. The number of carbonyl (C=O) groups excluding carboxylic acids is 1. The Morgan fingerprint density at radius 1 is 1.08 bits per heavy atom. The second-order valence-electron chi connectivity index (χ2n) is 9.92. The zero-order valence-corrected chi connectivity index (χ0v) is 21.2. The van der Waals surface area contributed by atoms with E-state index < -0.39 is 6.09 Å².